The minimum atomic E-state index is -3.46. The quantitative estimate of drug-likeness (QED) is 0.766. The molecule has 0 unspecified atom stereocenters. The smallest absolute Gasteiger partial charge is 0.236 e. The summed E-state index contributed by atoms with van der Waals surface area (Å²) < 4.78 is 37.7. The van der Waals surface area contributed by atoms with E-state index in [9.17, 15) is 12.8 Å². The van der Waals surface area contributed by atoms with Crippen molar-refractivity contribution in [1.29, 1.82) is 0 Å². The number of rotatable bonds is 5. The maximum absolute atomic E-state index is 13.0. The van der Waals surface area contributed by atoms with Gasteiger partial charge in [0.1, 0.15) is 5.82 Å². The molecule has 1 aromatic rings. The molecule has 0 atom stereocenters. The van der Waals surface area contributed by atoms with Crippen molar-refractivity contribution in [3.63, 3.8) is 0 Å². The van der Waals surface area contributed by atoms with Crippen molar-refractivity contribution in [3.8, 4) is 0 Å². The fourth-order valence-electron chi connectivity index (χ4n) is 1.38. The molecule has 0 spiro atoms. The third kappa shape index (κ3) is 3.09. The van der Waals surface area contributed by atoms with Crippen molar-refractivity contribution in [2.45, 2.75) is 6.92 Å². The van der Waals surface area contributed by atoms with Crippen LogP contribution in [0, 0.1) is 5.82 Å². The SMILES string of the molecule is CCN(c1cccc(F)c1)S(=O)(=O)CCCl. The zero-order chi connectivity index (χ0) is 12.2. The van der Waals surface area contributed by atoms with Crippen LogP contribution < -0.4 is 4.31 Å². The molecule has 1 aromatic carbocycles. The fourth-order valence-corrected chi connectivity index (χ4v) is 3.21. The van der Waals surface area contributed by atoms with Gasteiger partial charge in [0.05, 0.1) is 11.4 Å². The van der Waals surface area contributed by atoms with E-state index in [4.69, 9.17) is 11.6 Å². The Morgan fingerprint density at radius 2 is 2.12 bits per heavy atom. The minimum absolute atomic E-state index is 0.0220. The van der Waals surface area contributed by atoms with Gasteiger partial charge in [-0.25, -0.2) is 12.8 Å². The summed E-state index contributed by atoms with van der Waals surface area (Å²) in [6.45, 7) is 1.94. The molecule has 0 radical (unpaired) electrons. The van der Waals surface area contributed by atoms with E-state index in [-0.39, 0.29) is 18.2 Å². The lowest BCUT2D eigenvalue weighted by molar-refractivity contribution is 0.593. The van der Waals surface area contributed by atoms with Crippen LogP contribution >= 0.6 is 11.6 Å². The summed E-state index contributed by atoms with van der Waals surface area (Å²) in [7, 11) is -3.46. The number of halogens is 2. The molecule has 3 nitrogen and oxygen atoms in total. The molecule has 0 aliphatic carbocycles. The van der Waals surface area contributed by atoms with Gasteiger partial charge < -0.3 is 0 Å². The van der Waals surface area contributed by atoms with Crippen LogP contribution in [0.3, 0.4) is 0 Å². The van der Waals surface area contributed by atoms with Crippen molar-refractivity contribution in [2.24, 2.45) is 0 Å². The number of sulfonamides is 1. The average molecular weight is 266 g/mol. The average Bonchev–Trinajstić information content (AvgIpc) is 2.18. The predicted molar refractivity (Wildman–Crippen MR) is 63.9 cm³/mol. The number of anilines is 1. The van der Waals surface area contributed by atoms with Gasteiger partial charge in [0.15, 0.2) is 0 Å². The fraction of sp³-hybridized carbons (Fsp3) is 0.400. The van der Waals surface area contributed by atoms with E-state index >= 15 is 0 Å². The van der Waals surface area contributed by atoms with E-state index < -0.39 is 15.8 Å². The lowest BCUT2D eigenvalue weighted by Crippen LogP contribution is -2.33. The van der Waals surface area contributed by atoms with E-state index in [2.05, 4.69) is 0 Å². The molecule has 0 aromatic heterocycles. The summed E-state index contributed by atoms with van der Waals surface area (Å²) in [5, 5.41) is 0. The number of alkyl halides is 1. The van der Waals surface area contributed by atoms with Gasteiger partial charge in [0.25, 0.3) is 0 Å². The molecule has 6 heteroatoms. The normalized spacial score (nSPS) is 11.4. The van der Waals surface area contributed by atoms with E-state index in [1.807, 2.05) is 0 Å². The number of hydrogen-bond acceptors (Lipinski definition) is 2. The van der Waals surface area contributed by atoms with Crippen LogP contribution in [0.4, 0.5) is 10.1 Å². The van der Waals surface area contributed by atoms with Crippen LogP contribution in [0.2, 0.25) is 0 Å². The van der Waals surface area contributed by atoms with Gasteiger partial charge in [0.2, 0.25) is 10.0 Å². The third-order valence-corrected chi connectivity index (χ3v) is 4.33. The van der Waals surface area contributed by atoms with Crippen LogP contribution in [-0.4, -0.2) is 26.6 Å². The molecule has 0 saturated carbocycles. The first-order valence-electron chi connectivity index (χ1n) is 4.83. The Morgan fingerprint density at radius 1 is 1.44 bits per heavy atom. The summed E-state index contributed by atoms with van der Waals surface area (Å²) in [6.07, 6.45) is 0. The second-order valence-electron chi connectivity index (χ2n) is 3.15. The standard InChI is InChI=1S/C10H13ClFNO2S/c1-2-13(16(14,15)7-6-11)10-5-3-4-9(12)8-10/h3-5,8H,2,6-7H2,1H3. The van der Waals surface area contributed by atoms with Crippen LogP contribution in [0.25, 0.3) is 0 Å². The molecule has 1 rings (SSSR count). The Hall–Kier alpha value is -0.810. The van der Waals surface area contributed by atoms with Crippen molar-refractivity contribution >= 4 is 27.3 Å². The van der Waals surface area contributed by atoms with Crippen molar-refractivity contribution < 1.29 is 12.8 Å². The van der Waals surface area contributed by atoms with Gasteiger partial charge in [-0.05, 0) is 25.1 Å². The molecule has 0 amide bonds. The lowest BCUT2D eigenvalue weighted by atomic mass is 10.3. The van der Waals surface area contributed by atoms with E-state index in [1.165, 1.54) is 18.2 Å². The van der Waals surface area contributed by atoms with E-state index in [1.54, 1.807) is 13.0 Å². The topological polar surface area (TPSA) is 37.4 Å². The molecule has 0 heterocycles. The Kier molecular flexibility index (Phi) is 4.56. The highest BCUT2D eigenvalue weighted by Crippen LogP contribution is 2.19. The van der Waals surface area contributed by atoms with Gasteiger partial charge in [-0.3, -0.25) is 4.31 Å². The molecule has 0 fully saturated rings. The van der Waals surface area contributed by atoms with E-state index in [0.717, 1.165) is 4.31 Å². The third-order valence-electron chi connectivity index (χ3n) is 2.05. The van der Waals surface area contributed by atoms with Gasteiger partial charge in [-0.2, -0.15) is 0 Å². The molecular formula is C10H13ClFNO2S. The van der Waals surface area contributed by atoms with Gasteiger partial charge in [-0.15, -0.1) is 11.6 Å². The summed E-state index contributed by atoms with van der Waals surface area (Å²) in [5.74, 6) is -0.593. The van der Waals surface area contributed by atoms with Crippen LogP contribution in [0.1, 0.15) is 6.92 Å². The van der Waals surface area contributed by atoms with Gasteiger partial charge >= 0.3 is 0 Å². The van der Waals surface area contributed by atoms with Crippen LogP contribution in [0.15, 0.2) is 24.3 Å². The second-order valence-corrected chi connectivity index (χ2v) is 5.54. The Bertz CT molecular complexity index is 450. The minimum Gasteiger partial charge on any atom is -0.270 e. The number of hydrogen-bond donors (Lipinski definition) is 0. The Labute approximate surface area is 99.9 Å². The highest BCUT2D eigenvalue weighted by atomic mass is 35.5. The first kappa shape index (κ1) is 13.3. The van der Waals surface area contributed by atoms with Crippen LogP contribution in [-0.2, 0) is 10.0 Å². The van der Waals surface area contributed by atoms with Crippen molar-refractivity contribution in [3.05, 3.63) is 30.1 Å². The zero-order valence-corrected chi connectivity index (χ0v) is 10.4. The van der Waals surface area contributed by atoms with Gasteiger partial charge in [-0.1, -0.05) is 6.07 Å². The summed E-state index contributed by atoms with van der Waals surface area (Å²) in [5.41, 5.74) is 0.326. The monoisotopic (exact) mass is 265 g/mol. The summed E-state index contributed by atoms with van der Waals surface area (Å²) >= 11 is 5.43. The molecule has 16 heavy (non-hydrogen) atoms. The van der Waals surface area contributed by atoms with E-state index in [0.29, 0.717) is 5.69 Å². The summed E-state index contributed by atoms with van der Waals surface area (Å²) in [4.78, 5) is 0. The first-order chi connectivity index (χ1) is 7.51. The molecule has 0 saturated heterocycles. The maximum atomic E-state index is 13.0. The summed E-state index contributed by atoms with van der Waals surface area (Å²) in [6, 6.07) is 5.49. The van der Waals surface area contributed by atoms with Crippen molar-refractivity contribution in [2.75, 3.05) is 22.5 Å². The predicted octanol–water partition coefficient (Wildman–Crippen LogP) is 2.22. The maximum Gasteiger partial charge on any atom is 0.236 e. The molecule has 0 aliphatic rings. The molecule has 90 valence electrons. The first-order valence-corrected chi connectivity index (χ1v) is 6.97. The number of nitrogens with zero attached hydrogens (tertiary/aromatic N) is 1. The van der Waals surface area contributed by atoms with Crippen LogP contribution in [0.5, 0.6) is 0 Å². The Balaban J connectivity index is 3.08. The molecule has 0 aliphatic heterocycles. The lowest BCUT2D eigenvalue weighted by Gasteiger charge is -2.22. The van der Waals surface area contributed by atoms with Gasteiger partial charge in [0, 0.05) is 12.4 Å². The highest BCUT2D eigenvalue weighted by molar-refractivity contribution is 7.92. The Morgan fingerprint density at radius 3 is 2.62 bits per heavy atom. The zero-order valence-electron chi connectivity index (χ0n) is 8.86. The van der Waals surface area contributed by atoms with Crippen molar-refractivity contribution in [1.82, 2.24) is 0 Å². The largest absolute Gasteiger partial charge is 0.270 e. The highest BCUT2D eigenvalue weighted by Gasteiger charge is 2.20. The molecule has 0 N–H and O–H groups in total. The molecule has 0 bridgehead atoms. The number of benzene rings is 1. The second kappa shape index (κ2) is 5.50. The molecular weight excluding hydrogens is 253 g/mol.